The van der Waals surface area contributed by atoms with Crippen LogP contribution in [0.4, 0.5) is 5.69 Å². The minimum absolute atomic E-state index is 0.0245. The summed E-state index contributed by atoms with van der Waals surface area (Å²) in [5, 5.41) is 3.03. The van der Waals surface area contributed by atoms with Gasteiger partial charge in [0.1, 0.15) is 4.90 Å². The molecule has 1 unspecified atom stereocenters. The van der Waals surface area contributed by atoms with Gasteiger partial charge < -0.3 is 10.1 Å². The van der Waals surface area contributed by atoms with Crippen LogP contribution in [0, 0.1) is 0 Å². The quantitative estimate of drug-likeness (QED) is 0.667. The summed E-state index contributed by atoms with van der Waals surface area (Å²) in [6.45, 7) is 0.743. The number of hydrogen-bond donors (Lipinski definition) is 2. The predicted molar refractivity (Wildman–Crippen MR) is 110 cm³/mol. The van der Waals surface area contributed by atoms with Gasteiger partial charge in [-0.2, -0.15) is 0 Å². The first-order valence-corrected chi connectivity index (χ1v) is 11.1. The molecule has 1 aliphatic rings. The van der Waals surface area contributed by atoms with Crippen LogP contribution in [0.15, 0.2) is 41.3 Å². The van der Waals surface area contributed by atoms with Gasteiger partial charge in [0, 0.05) is 23.9 Å². The maximum Gasteiger partial charge on any atom is 0.257 e. The van der Waals surface area contributed by atoms with Crippen molar-refractivity contribution in [3.63, 3.8) is 0 Å². The number of nitrogens with one attached hydrogen (secondary N) is 2. The summed E-state index contributed by atoms with van der Waals surface area (Å²) in [5.74, 6) is -0.584. The van der Waals surface area contributed by atoms with Gasteiger partial charge in [0.15, 0.2) is 0 Å². The zero-order valence-corrected chi connectivity index (χ0v) is 17.6. The molecule has 0 aromatic heterocycles. The highest BCUT2D eigenvalue weighted by molar-refractivity contribution is 7.89. The molecule has 1 aliphatic heterocycles. The summed E-state index contributed by atoms with van der Waals surface area (Å²) in [7, 11) is -3.95. The number of carbonyl (C=O) groups excluding carboxylic acids is 1. The summed E-state index contributed by atoms with van der Waals surface area (Å²) >= 11 is 18.1. The van der Waals surface area contributed by atoms with Gasteiger partial charge in [-0.05, 0) is 43.2 Å². The number of halogens is 3. The first kappa shape index (κ1) is 21.4. The molecule has 1 heterocycles. The van der Waals surface area contributed by atoms with Crippen molar-refractivity contribution < 1.29 is 17.9 Å². The second-order valence-corrected chi connectivity index (χ2v) is 9.20. The first-order valence-electron chi connectivity index (χ1n) is 8.43. The van der Waals surface area contributed by atoms with Crippen LogP contribution < -0.4 is 10.0 Å². The van der Waals surface area contributed by atoms with Crippen molar-refractivity contribution in [1.29, 1.82) is 0 Å². The number of carbonyl (C=O) groups is 1. The number of rotatable bonds is 6. The topological polar surface area (TPSA) is 84.5 Å². The molecule has 1 saturated heterocycles. The standard InChI is InChI=1S/C18H17Cl3N2O4S/c19-11-3-1-4-12(7-11)23-18(24)14-8-17(16(21)9-15(14)20)28(25,26)22-10-13-5-2-6-27-13/h1,3-4,7-9,13,22H,2,5-6,10H2,(H,23,24). The van der Waals surface area contributed by atoms with Crippen LogP contribution in [-0.2, 0) is 14.8 Å². The zero-order chi connectivity index (χ0) is 20.3. The maximum absolute atomic E-state index is 12.7. The highest BCUT2D eigenvalue weighted by Gasteiger charge is 2.25. The van der Waals surface area contributed by atoms with E-state index in [2.05, 4.69) is 10.0 Å². The molecule has 1 fully saturated rings. The fourth-order valence-electron chi connectivity index (χ4n) is 2.76. The van der Waals surface area contributed by atoms with Gasteiger partial charge in [0.25, 0.3) is 5.91 Å². The molecule has 1 atom stereocenters. The number of amides is 1. The van der Waals surface area contributed by atoms with Crippen molar-refractivity contribution in [2.75, 3.05) is 18.5 Å². The average Bonchev–Trinajstić information content (AvgIpc) is 3.13. The highest BCUT2D eigenvalue weighted by Crippen LogP contribution is 2.29. The molecule has 0 spiro atoms. The number of benzene rings is 2. The van der Waals surface area contributed by atoms with Gasteiger partial charge in [0.05, 0.1) is 21.7 Å². The second kappa shape index (κ2) is 8.98. The molecule has 0 bridgehead atoms. The highest BCUT2D eigenvalue weighted by atomic mass is 35.5. The Hall–Kier alpha value is -1.35. The number of sulfonamides is 1. The first-order chi connectivity index (χ1) is 13.3. The SMILES string of the molecule is O=C(Nc1cccc(Cl)c1)c1cc(S(=O)(=O)NCC2CCCO2)c(Cl)cc1Cl. The smallest absolute Gasteiger partial charge is 0.257 e. The fourth-order valence-corrected chi connectivity index (χ4v) is 4.87. The lowest BCUT2D eigenvalue weighted by atomic mass is 10.2. The molecule has 0 aliphatic carbocycles. The zero-order valence-electron chi connectivity index (χ0n) is 14.5. The van der Waals surface area contributed by atoms with E-state index in [1.54, 1.807) is 24.3 Å². The lowest BCUT2D eigenvalue weighted by molar-refractivity contribution is 0.102. The number of hydrogen-bond acceptors (Lipinski definition) is 4. The average molecular weight is 464 g/mol. The molecular weight excluding hydrogens is 447 g/mol. The van der Waals surface area contributed by atoms with Crippen LogP contribution in [0.2, 0.25) is 15.1 Å². The normalized spacial score (nSPS) is 16.9. The fraction of sp³-hybridized carbons (Fsp3) is 0.278. The molecule has 2 N–H and O–H groups in total. The molecule has 6 nitrogen and oxygen atoms in total. The van der Waals surface area contributed by atoms with Crippen molar-refractivity contribution in [3.05, 3.63) is 57.0 Å². The van der Waals surface area contributed by atoms with E-state index < -0.39 is 15.9 Å². The Kier molecular flexibility index (Phi) is 6.85. The Labute approximate surface area is 178 Å². The van der Waals surface area contributed by atoms with Crippen LogP contribution in [0.3, 0.4) is 0 Å². The summed E-state index contributed by atoms with van der Waals surface area (Å²) < 4.78 is 33.2. The Morgan fingerprint density at radius 1 is 1.14 bits per heavy atom. The maximum atomic E-state index is 12.7. The molecule has 10 heteroatoms. The van der Waals surface area contributed by atoms with E-state index in [0.29, 0.717) is 17.3 Å². The Morgan fingerprint density at radius 2 is 1.93 bits per heavy atom. The van der Waals surface area contributed by atoms with Crippen molar-refractivity contribution in [1.82, 2.24) is 4.72 Å². The van der Waals surface area contributed by atoms with Gasteiger partial charge >= 0.3 is 0 Å². The number of ether oxygens (including phenoxy) is 1. The second-order valence-electron chi connectivity index (χ2n) is 6.21. The van der Waals surface area contributed by atoms with Crippen molar-refractivity contribution in [2.45, 2.75) is 23.8 Å². The summed E-state index contributed by atoms with van der Waals surface area (Å²) in [5.41, 5.74) is 0.424. The van der Waals surface area contributed by atoms with Crippen LogP contribution in [0.25, 0.3) is 0 Å². The Morgan fingerprint density at radius 3 is 2.61 bits per heavy atom. The summed E-state index contributed by atoms with van der Waals surface area (Å²) in [6.07, 6.45) is 1.50. The van der Waals surface area contributed by atoms with E-state index in [0.717, 1.165) is 18.9 Å². The summed E-state index contributed by atoms with van der Waals surface area (Å²) in [4.78, 5) is 12.4. The monoisotopic (exact) mass is 462 g/mol. The van der Waals surface area contributed by atoms with Crippen LogP contribution >= 0.6 is 34.8 Å². The van der Waals surface area contributed by atoms with Gasteiger partial charge in [-0.15, -0.1) is 0 Å². The van der Waals surface area contributed by atoms with Crippen LogP contribution in [0.1, 0.15) is 23.2 Å². The van der Waals surface area contributed by atoms with Crippen LogP contribution in [-0.4, -0.2) is 33.6 Å². The van der Waals surface area contributed by atoms with Crippen molar-refractivity contribution >= 4 is 56.4 Å². The van der Waals surface area contributed by atoms with Crippen molar-refractivity contribution in [2.24, 2.45) is 0 Å². The molecule has 0 radical (unpaired) electrons. The third-order valence-corrected chi connectivity index (χ3v) is 6.60. The van der Waals surface area contributed by atoms with E-state index in [1.165, 1.54) is 6.07 Å². The molecule has 0 saturated carbocycles. The van der Waals surface area contributed by atoms with E-state index >= 15 is 0 Å². The summed E-state index contributed by atoms with van der Waals surface area (Å²) in [6, 6.07) is 8.93. The minimum Gasteiger partial charge on any atom is -0.377 e. The Balaban J connectivity index is 1.83. The van der Waals surface area contributed by atoms with Gasteiger partial charge in [-0.3, -0.25) is 4.79 Å². The third kappa shape index (κ3) is 5.17. The number of anilines is 1. The van der Waals surface area contributed by atoms with Gasteiger partial charge in [-0.1, -0.05) is 40.9 Å². The lowest BCUT2D eigenvalue weighted by Crippen LogP contribution is -2.32. The molecule has 28 heavy (non-hydrogen) atoms. The largest absolute Gasteiger partial charge is 0.377 e. The van der Waals surface area contributed by atoms with Gasteiger partial charge in [-0.25, -0.2) is 13.1 Å². The molecule has 2 aromatic carbocycles. The molecule has 150 valence electrons. The van der Waals surface area contributed by atoms with Gasteiger partial charge in [0.2, 0.25) is 10.0 Å². The van der Waals surface area contributed by atoms with Crippen LogP contribution in [0.5, 0.6) is 0 Å². The lowest BCUT2D eigenvalue weighted by Gasteiger charge is -2.14. The van der Waals surface area contributed by atoms with E-state index in [4.69, 9.17) is 39.5 Å². The third-order valence-electron chi connectivity index (χ3n) is 4.16. The van der Waals surface area contributed by atoms with E-state index in [9.17, 15) is 13.2 Å². The molecule has 2 aromatic rings. The predicted octanol–water partition coefficient (Wildman–Crippen LogP) is 4.36. The molecular formula is C18H17Cl3N2O4S. The Bertz CT molecular complexity index is 992. The van der Waals surface area contributed by atoms with E-state index in [-0.39, 0.29) is 33.2 Å². The van der Waals surface area contributed by atoms with Crippen molar-refractivity contribution in [3.8, 4) is 0 Å². The molecule has 1 amide bonds. The molecule has 3 rings (SSSR count). The minimum atomic E-state index is -3.95. The van der Waals surface area contributed by atoms with E-state index in [1.807, 2.05) is 0 Å².